The Morgan fingerprint density at radius 1 is 1.30 bits per heavy atom. The number of aryl methyl sites for hydroxylation is 2. The van der Waals surface area contributed by atoms with E-state index in [0.29, 0.717) is 0 Å². The summed E-state index contributed by atoms with van der Waals surface area (Å²) in [6, 6.07) is 6.47. The van der Waals surface area contributed by atoms with Gasteiger partial charge in [0.25, 0.3) is 0 Å². The van der Waals surface area contributed by atoms with Crippen molar-refractivity contribution in [1.82, 2.24) is 14.9 Å². The number of fused-ring (bicyclic) bond motifs is 1. The summed E-state index contributed by atoms with van der Waals surface area (Å²) < 4.78 is 0. The van der Waals surface area contributed by atoms with Gasteiger partial charge in [0.2, 0.25) is 0 Å². The molecule has 5 heteroatoms. The van der Waals surface area contributed by atoms with Crippen LogP contribution in [-0.4, -0.2) is 21.4 Å². The number of nitrogens with zero attached hydrogens (tertiary/aromatic N) is 3. The highest BCUT2D eigenvalue weighted by atomic mass is 32.1. The number of rotatable bonds is 3. The van der Waals surface area contributed by atoms with Gasteiger partial charge in [-0.1, -0.05) is 6.07 Å². The second-order valence-corrected chi connectivity index (χ2v) is 8.34. The molecule has 0 aromatic carbocycles. The van der Waals surface area contributed by atoms with Crippen molar-refractivity contribution in [1.29, 1.82) is 0 Å². The SMILES string of the molecule is Cc1cc(CN2CCc3cnc(-c4cccs4)nc3C2)sc1C. The van der Waals surface area contributed by atoms with E-state index in [1.54, 1.807) is 11.3 Å². The lowest BCUT2D eigenvalue weighted by atomic mass is 10.1. The van der Waals surface area contributed by atoms with E-state index in [-0.39, 0.29) is 0 Å². The fourth-order valence-electron chi connectivity index (χ4n) is 2.96. The number of hydrogen-bond acceptors (Lipinski definition) is 5. The van der Waals surface area contributed by atoms with Gasteiger partial charge in [0, 0.05) is 35.6 Å². The van der Waals surface area contributed by atoms with Crippen LogP contribution < -0.4 is 0 Å². The van der Waals surface area contributed by atoms with Crippen LogP contribution in [0.1, 0.15) is 26.6 Å². The van der Waals surface area contributed by atoms with Gasteiger partial charge < -0.3 is 0 Å². The maximum absolute atomic E-state index is 4.83. The topological polar surface area (TPSA) is 29.0 Å². The molecule has 0 radical (unpaired) electrons. The average Bonchev–Trinajstić information content (AvgIpc) is 3.17. The summed E-state index contributed by atoms with van der Waals surface area (Å²) >= 11 is 3.62. The minimum Gasteiger partial charge on any atom is -0.292 e. The predicted molar refractivity (Wildman–Crippen MR) is 97.0 cm³/mol. The van der Waals surface area contributed by atoms with Crippen molar-refractivity contribution in [3.63, 3.8) is 0 Å². The Labute approximate surface area is 144 Å². The molecule has 0 saturated heterocycles. The Morgan fingerprint density at radius 2 is 2.22 bits per heavy atom. The highest BCUT2D eigenvalue weighted by Gasteiger charge is 2.20. The van der Waals surface area contributed by atoms with Gasteiger partial charge >= 0.3 is 0 Å². The van der Waals surface area contributed by atoms with Crippen molar-refractivity contribution < 1.29 is 0 Å². The van der Waals surface area contributed by atoms with Crippen molar-refractivity contribution in [3.8, 4) is 10.7 Å². The molecule has 23 heavy (non-hydrogen) atoms. The van der Waals surface area contributed by atoms with Gasteiger partial charge in [0.1, 0.15) is 0 Å². The van der Waals surface area contributed by atoms with Gasteiger partial charge in [-0.3, -0.25) is 4.90 Å². The van der Waals surface area contributed by atoms with Crippen molar-refractivity contribution in [2.24, 2.45) is 0 Å². The minimum atomic E-state index is 0.864. The molecular formula is C18H19N3S2. The normalized spacial score (nSPS) is 14.9. The monoisotopic (exact) mass is 341 g/mol. The van der Waals surface area contributed by atoms with Crippen LogP contribution in [0.25, 0.3) is 10.7 Å². The van der Waals surface area contributed by atoms with Crippen LogP contribution in [0.15, 0.2) is 29.8 Å². The van der Waals surface area contributed by atoms with Crippen LogP contribution in [0.5, 0.6) is 0 Å². The number of aromatic nitrogens is 2. The summed E-state index contributed by atoms with van der Waals surface area (Å²) in [5.41, 5.74) is 3.91. The first-order valence-electron chi connectivity index (χ1n) is 7.86. The Kier molecular flexibility index (Phi) is 4.01. The Morgan fingerprint density at radius 3 is 2.96 bits per heavy atom. The van der Waals surface area contributed by atoms with Crippen LogP contribution in [-0.2, 0) is 19.5 Å². The highest BCUT2D eigenvalue weighted by Crippen LogP contribution is 2.27. The van der Waals surface area contributed by atoms with E-state index in [2.05, 4.69) is 47.3 Å². The summed E-state index contributed by atoms with van der Waals surface area (Å²) in [4.78, 5) is 15.9. The molecule has 0 spiro atoms. The van der Waals surface area contributed by atoms with Gasteiger partial charge in [-0.25, -0.2) is 9.97 Å². The third-order valence-electron chi connectivity index (χ3n) is 4.36. The van der Waals surface area contributed by atoms with E-state index >= 15 is 0 Å². The van der Waals surface area contributed by atoms with Gasteiger partial charge in [-0.15, -0.1) is 22.7 Å². The summed E-state index contributed by atoms with van der Waals surface area (Å²) in [6.07, 6.45) is 3.07. The van der Waals surface area contributed by atoms with E-state index in [9.17, 15) is 0 Å². The molecule has 3 aromatic heterocycles. The molecule has 3 nitrogen and oxygen atoms in total. The predicted octanol–water partition coefficient (Wildman–Crippen LogP) is 4.44. The molecule has 1 aliphatic rings. The van der Waals surface area contributed by atoms with E-state index in [1.165, 1.54) is 26.6 Å². The molecule has 4 heterocycles. The summed E-state index contributed by atoms with van der Waals surface area (Å²) in [6.45, 7) is 7.44. The molecule has 0 amide bonds. The van der Waals surface area contributed by atoms with Crippen LogP contribution in [0.2, 0.25) is 0 Å². The van der Waals surface area contributed by atoms with Crippen LogP contribution in [0, 0.1) is 13.8 Å². The van der Waals surface area contributed by atoms with Crippen molar-refractivity contribution in [2.75, 3.05) is 6.54 Å². The third kappa shape index (κ3) is 3.09. The Balaban J connectivity index is 1.54. The highest BCUT2D eigenvalue weighted by molar-refractivity contribution is 7.13. The van der Waals surface area contributed by atoms with Gasteiger partial charge in [-0.2, -0.15) is 0 Å². The number of thiophene rings is 2. The van der Waals surface area contributed by atoms with Crippen molar-refractivity contribution >= 4 is 22.7 Å². The number of hydrogen-bond donors (Lipinski definition) is 0. The maximum Gasteiger partial charge on any atom is 0.169 e. The standard InChI is InChI=1S/C18H19N3S2/c1-12-8-15(23-13(12)2)10-21-6-5-14-9-19-18(20-16(14)11-21)17-4-3-7-22-17/h3-4,7-9H,5-6,10-11H2,1-2H3. The van der Waals surface area contributed by atoms with Crippen LogP contribution in [0.4, 0.5) is 0 Å². The molecule has 0 unspecified atom stereocenters. The second kappa shape index (κ2) is 6.15. The molecule has 3 aromatic rings. The molecule has 0 aliphatic carbocycles. The van der Waals surface area contributed by atoms with Gasteiger partial charge in [0.05, 0.1) is 10.6 Å². The van der Waals surface area contributed by atoms with E-state index in [0.717, 1.165) is 36.8 Å². The molecule has 0 atom stereocenters. The summed E-state index contributed by atoms with van der Waals surface area (Å²) in [5, 5.41) is 2.08. The zero-order valence-electron chi connectivity index (χ0n) is 13.4. The molecule has 0 saturated carbocycles. The smallest absolute Gasteiger partial charge is 0.169 e. The molecular weight excluding hydrogens is 322 g/mol. The largest absolute Gasteiger partial charge is 0.292 e. The Bertz CT molecular complexity index is 801. The average molecular weight is 342 g/mol. The summed E-state index contributed by atoms with van der Waals surface area (Å²) in [5.74, 6) is 0.864. The second-order valence-electron chi connectivity index (χ2n) is 6.06. The molecule has 0 bridgehead atoms. The quantitative estimate of drug-likeness (QED) is 0.705. The zero-order chi connectivity index (χ0) is 15.8. The lowest BCUT2D eigenvalue weighted by Crippen LogP contribution is -2.30. The van der Waals surface area contributed by atoms with Crippen molar-refractivity contribution in [3.05, 3.63) is 56.4 Å². The van der Waals surface area contributed by atoms with Gasteiger partial charge in [-0.05, 0) is 48.9 Å². The van der Waals surface area contributed by atoms with E-state index in [4.69, 9.17) is 4.98 Å². The molecule has 118 valence electrons. The molecule has 0 N–H and O–H groups in total. The zero-order valence-corrected chi connectivity index (χ0v) is 15.0. The van der Waals surface area contributed by atoms with Gasteiger partial charge in [0.15, 0.2) is 5.82 Å². The minimum absolute atomic E-state index is 0.864. The first-order valence-corrected chi connectivity index (χ1v) is 9.55. The lowest BCUT2D eigenvalue weighted by molar-refractivity contribution is 0.243. The van der Waals surface area contributed by atoms with Crippen molar-refractivity contribution in [2.45, 2.75) is 33.4 Å². The van der Waals surface area contributed by atoms with E-state index in [1.807, 2.05) is 17.5 Å². The molecule has 4 rings (SSSR count). The third-order valence-corrected chi connectivity index (χ3v) is 6.37. The maximum atomic E-state index is 4.83. The lowest BCUT2D eigenvalue weighted by Gasteiger charge is -2.27. The first kappa shape index (κ1) is 15.0. The fraction of sp³-hybridized carbons (Fsp3) is 0.333. The summed E-state index contributed by atoms with van der Waals surface area (Å²) in [7, 11) is 0. The first-order chi connectivity index (χ1) is 11.2. The fourth-order valence-corrected chi connectivity index (χ4v) is 4.73. The van der Waals surface area contributed by atoms with Crippen LogP contribution >= 0.6 is 22.7 Å². The Hall–Kier alpha value is -1.56. The van der Waals surface area contributed by atoms with E-state index < -0.39 is 0 Å². The van der Waals surface area contributed by atoms with Crippen LogP contribution in [0.3, 0.4) is 0 Å². The molecule has 0 fully saturated rings. The molecule has 1 aliphatic heterocycles.